The van der Waals surface area contributed by atoms with Crippen LogP contribution in [0.2, 0.25) is 10.0 Å². The zero-order chi connectivity index (χ0) is 16.8. The minimum absolute atomic E-state index is 0. The van der Waals surface area contributed by atoms with Crippen LogP contribution in [0.25, 0.3) is 0 Å². The summed E-state index contributed by atoms with van der Waals surface area (Å²) in [6.45, 7) is 4.16. The lowest BCUT2D eigenvalue weighted by Crippen LogP contribution is -2.55. The number of halogens is 3. The molecule has 0 saturated heterocycles. The molecule has 5 nitrogen and oxygen atoms in total. The van der Waals surface area contributed by atoms with Crippen molar-refractivity contribution >= 4 is 47.4 Å². The first-order chi connectivity index (χ1) is 10.4. The second-order valence-electron chi connectivity index (χ2n) is 5.05. The average Bonchev–Trinajstić information content (AvgIpc) is 2.53. The van der Waals surface area contributed by atoms with E-state index < -0.39 is 5.54 Å². The van der Waals surface area contributed by atoms with Crippen molar-refractivity contribution in [3.63, 3.8) is 0 Å². The number of amides is 2. The molecule has 130 valence electrons. The topological polar surface area (TPSA) is 84.2 Å². The molecule has 0 aliphatic heterocycles. The van der Waals surface area contributed by atoms with Crippen LogP contribution in [0, 0.1) is 0 Å². The molecule has 0 spiro atoms. The molecule has 1 rings (SSSR count). The van der Waals surface area contributed by atoms with Gasteiger partial charge >= 0.3 is 0 Å². The first-order valence-corrected chi connectivity index (χ1v) is 7.87. The van der Waals surface area contributed by atoms with Crippen molar-refractivity contribution in [1.29, 1.82) is 0 Å². The summed E-state index contributed by atoms with van der Waals surface area (Å²) in [6, 6.07) is 4.54. The van der Waals surface area contributed by atoms with Crippen molar-refractivity contribution in [3.8, 4) is 0 Å². The van der Waals surface area contributed by atoms with Gasteiger partial charge in [0.05, 0.1) is 22.1 Å². The van der Waals surface area contributed by atoms with Crippen molar-refractivity contribution in [1.82, 2.24) is 10.6 Å². The molecule has 0 aliphatic rings. The van der Waals surface area contributed by atoms with E-state index in [9.17, 15) is 9.59 Å². The summed E-state index contributed by atoms with van der Waals surface area (Å²) in [7, 11) is 0. The van der Waals surface area contributed by atoms with Crippen molar-refractivity contribution in [3.05, 3.63) is 33.8 Å². The number of benzene rings is 1. The number of hydrogen-bond acceptors (Lipinski definition) is 3. The highest BCUT2D eigenvalue weighted by molar-refractivity contribution is 6.42. The average molecular weight is 383 g/mol. The highest BCUT2D eigenvalue weighted by Crippen LogP contribution is 2.22. The van der Waals surface area contributed by atoms with Gasteiger partial charge in [-0.05, 0) is 31.0 Å². The van der Waals surface area contributed by atoms with E-state index in [1.807, 2.05) is 13.8 Å². The molecular weight excluding hydrogens is 361 g/mol. The minimum atomic E-state index is -0.425. The number of rotatable bonds is 7. The van der Waals surface area contributed by atoms with Crippen LogP contribution in [0.5, 0.6) is 0 Å². The van der Waals surface area contributed by atoms with Gasteiger partial charge < -0.3 is 16.4 Å². The molecule has 0 fully saturated rings. The molecule has 0 radical (unpaired) electrons. The third-order valence-electron chi connectivity index (χ3n) is 3.74. The molecule has 0 aliphatic carbocycles. The Morgan fingerprint density at radius 1 is 1.17 bits per heavy atom. The van der Waals surface area contributed by atoms with Crippen molar-refractivity contribution in [2.75, 3.05) is 13.1 Å². The van der Waals surface area contributed by atoms with Gasteiger partial charge in [0.15, 0.2) is 0 Å². The Morgan fingerprint density at radius 3 is 2.26 bits per heavy atom. The Balaban J connectivity index is 0.00000484. The van der Waals surface area contributed by atoms with Crippen LogP contribution in [-0.2, 0) is 4.79 Å². The van der Waals surface area contributed by atoms with Gasteiger partial charge in [-0.25, -0.2) is 0 Å². The maximum absolute atomic E-state index is 12.0. The van der Waals surface area contributed by atoms with Crippen LogP contribution in [0.3, 0.4) is 0 Å². The van der Waals surface area contributed by atoms with E-state index in [2.05, 4.69) is 10.6 Å². The minimum Gasteiger partial charge on any atom is -0.348 e. The molecule has 0 atom stereocenters. The van der Waals surface area contributed by atoms with E-state index >= 15 is 0 Å². The summed E-state index contributed by atoms with van der Waals surface area (Å²) in [6.07, 6.45) is 1.46. The van der Waals surface area contributed by atoms with E-state index in [-0.39, 0.29) is 35.8 Å². The molecule has 1 aromatic carbocycles. The van der Waals surface area contributed by atoms with Crippen LogP contribution in [0.1, 0.15) is 37.0 Å². The third kappa shape index (κ3) is 6.18. The number of nitrogens with two attached hydrogens (primary N) is 1. The standard InChI is InChI=1S/C15H21Cl2N3O2.ClH/c1-3-15(4-2,9-18)20-13(21)8-19-14(22)10-5-6-11(16)12(17)7-10;/h5-7H,3-4,8-9,18H2,1-2H3,(H,19,22)(H,20,21);1H. The summed E-state index contributed by atoms with van der Waals surface area (Å²) in [5.74, 6) is -0.664. The van der Waals surface area contributed by atoms with E-state index in [1.165, 1.54) is 12.1 Å². The van der Waals surface area contributed by atoms with E-state index in [0.29, 0.717) is 17.1 Å². The van der Waals surface area contributed by atoms with Gasteiger partial charge in [-0.1, -0.05) is 37.0 Å². The van der Waals surface area contributed by atoms with Crippen molar-refractivity contribution in [2.45, 2.75) is 32.2 Å². The van der Waals surface area contributed by atoms with E-state index in [1.54, 1.807) is 6.07 Å². The van der Waals surface area contributed by atoms with Crippen molar-refractivity contribution < 1.29 is 9.59 Å². The molecule has 0 unspecified atom stereocenters. The Hall–Kier alpha value is -1.01. The number of carbonyl (C=O) groups excluding carboxylic acids is 2. The maximum atomic E-state index is 12.0. The highest BCUT2D eigenvalue weighted by Gasteiger charge is 2.26. The summed E-state index contributed by atoms with van der Waals surface area (Å²) >= 11 is 11.7. The quantitative estimate of drug-likeness (QED) is 0.678. The molecule has 0 heterocycles. The Kier molecular flexibility index (Phi) is 9.54. The fraction of sp³-hybridized carbons (Fsp3) is 0.467. The Morgan fingerprint density at radius 2 is 1.78 bits per heavy atom. The molecule has 0 saturated carbocycles. The number of hydrogen-bond donors (Lipinski definition) is 3. The molecular formula is C15H22Cl3N3O2. The lowest BCUT2D eigenvalue weighted by Gasteiger charge is -2.31. The third-order valence-corrected chi connectivity index (χ3v) is 4.48. The largest absolute Gasteiger partial charge is 0.348 e. The summed E-state index contributed by atoms with van der Waals surface area (Å²) in [5, 5.41) is 6.09. The second-order valence-corrected chi connectivity index (χ2v) is 5.87. The summed E-state index contributed by atoms with van der Waals surface area (Å²) in [4.78, 5) is 23.9. The first kappa shape index (κ1) is 22.0. The van der Waals surface area contributed by atoms with Gasteiger partial charge in [0.2, 0.25) is 5.91 Å². The second kappa shape index (κ2) is 9.98. The number of carbonyl (C=O) groups is 2. The monoisotopic (exact) mass is 381 g/mol. The van der Waals surface area contributed by atoms with Crippen LogP contribution in [-0.4, -0.2) is 30.4 Å². The van der Waals surface area contributed by atoms with Gasteiger partial charge in [0.1, 0.15) is 0 Å². The molecule has 8 heteroatoms. The Labute approximate surface area is 152 Å². The smallest absolute Gasteiger partial charge is 0.251 e. The summed E-state index contributed by atoms with van der Waals surface area (Å²) < 4.78 is 0. The van der Waals surface area contributed by atoms with E-state index in [4.69, 9.17) is 28.9 Å². The van der Waals surface area contributed by atoms with Crippen LogP contribution in [0.15, 0.2) is 18.2 Å². The lowest BCUT2D eigenvalue weighted by atomic mass is 9.93. The molecule has 23 heavy (non-hydrogen) atoms. The molecule has 2 amide bonds. The zero-order valence-electron chi connectivity index (χ0n) is 13.1. The predicted molar refractivity (Wildman–Crippen MR) is 96.6 cm³/mol. The molecule has 0 aromatic heterocycles. The van der Waals surface area contributed by atoms with Crippen LogP contribution >= 0.6 is 35.6 Å². The van der Waals surface area contributed by atoms with Crippen LogP contribution < -0.4 is 16.4 Å². The van der Waals surface area contributed by atoms with Gasteiger partial charge in [0.25, 0.3) is 5.91 Å². The van der Waals surface area contributed by atoms with Gasteiger partial charge in [0, 0.05) is 12.1 Å². The molecule has 1 aromatic rings. The van der Waals surface area contributed by atoms with Gasteiger partial charge in [-0.15, -0.1) is 12.4 Å². The first-order valence-electron chi connectivity index (χ1n) is 7.11. The van der Waals surface area contributed by atoms with Gasteiger partial charge in [-0.3, -0.25) is 9.59 Å². The van der Waals surface area contributed by atoms with Crippen LogP contribution in [0.4, 0.5) is 0 Å². The predicted octanol–water partition coefficient (Wildman–Crippen LogP) is 2.78. The fourth-order valence-electron chi connectivity index (χ4n) is 2.01. The normalized spacial score (nSPS) is 10.7. The Bertz CT molecular complexity index is 541. The summed E-state index contributed by atoms with van der Waals surface area (Å²) in [5.41, 5.74) is 5.65. The zero-order valence-corrected chi connectivity index (χ0v) is 15.4. The lowest BCUT2D eigenvalue weighted by molar-refractivity contribution is -0.122. The SMILES string of the molecule is CCC(CC)(CN)NC(=O)CNC(=O)c1ccc(Cl)c(Cl)c1.Cl. The fourth-order valence-corrected chi connectivity index (χ4v) is 2.30. The number of nitrogens with one attached hydrogen (secondary N) is 2. The van der Waals surface area contributed by atoms with Gasteiger partial charge in [-0.2, -0.15) is 0 Å². The highest BCUT2D eigenvalue weighted by atomic mass is 35.5. The van der Waals surface area contributed by atoms with Crippen molar-refractivity contribution in [2.24, 2.45) is 5.73 Å². The van der Waals surface area contributed by atoms with E-state index in [0.717, 1.165) is 12.8 Å². The molecule has 0 bridgehead atoms. The maximum Gasteiger partial charge on any atom is 0.251 e. The molecule has 4 N–H and O–H groups in total.